The predicted molar refractivity (Wildman–Crippen MR) is 79.8 cm³/mol. The van der Waals surface area contributed by atoms with Gasteiger partial charge in [-0.05, 0) is 11.6 Å². The van der Waals surface area contributed by atoms with Crippen LogP contribution in [0.15, 0.2) is 36.9 Å². The van der Waals surface area contributed by atoms with E-state index in [0.717, 1.165) is 50.9 Å². The lowest BCUT2D eigenvalue weighted by Crippen LogP contribution is -2.37. The summed E-state index contributed by atoms with van der Waals surface area (Å²) in [4.78, 5) is 15.1. The van der Waals surface area contributed by atoms with Crippen molar-refractivity contribution < 1.29 is 4.74 Å². The Kier molecular flexibility index (Phi) is 4.70. The van der Waals surface area contributed by atoms with Crippen molar-refractivity contribution in [2.45, 2.75) is 13.1 Å². The third-order valence-electron chi connectivity index (χ3n) is 3.37. The van der Waals surface area contributed by atoms with Crippen molar-refractivity contribution in [1.29, 1.82) is 0 Å². The number of morpholine rings is 1. The van der Waals surface area contributed by atoms with E-state index in [1.54, 1.807) is 6.20 Å². The minimum atomic E-state index is 0.748. The third-order valence-corrected chi connectivity index (χ3v) is 3.37. The molecule has 0 bridgehead atoms. The molecule has 21 heavy (non-hydrogen) atoms. The van der Waals surface area contributed by atoms with Crippen molar-refractivity contribution in [3.63, 3.8) is 0 Å². The number of ether oxygens (including phenoxy) is 1. The highest BCUT2D eigenvalue weighted by atomic mass is 16.5. The number of anilines is 1. The zero-order valence-electron chi connectivity index (χ0n) is 11.9. The number of hydrogen-bond donors (Lipinski definition) is 1. The molecule has 0 aliphatic carbocycles. The maximum Gasteiger partial charge on any atom is 0.225 e. The fourth-order valence-electron chi connectivity index (χ4n) is 2.22. The van der Waals surface area contributed by atoms with Gasteiger partial charge in [0.05, 0.1) is 13.2 Å². The van der Waals surface area contributed by atoms with Gasteiger partial charge in [-0.1, -0.05) is 6.07 Å². The zero-order valence-corrected chi connectivity index (χ0v) is 11.9. The summed E-state index contributed by atoms with van der Waals surface area (Å²) >= 11 is 0. The number of nitrogens with zero attached hydrogens (tertiary/aromatic N) is 4. The van der Waals surface area contributed by atoms with Crippen LogP contribution in [0.2, 0.25) is 0 Å². The first-order valence-corrected chi connectivity index (χ1v) is 7.15. The van der Waals surface area contributed by atoms with Gasteiger partial charge in [-0.15, -0.1) is 0 Å². The van der Waals surface area contributed by atoms with E-state index in [2.05, 4.69) is 31.2 Å². The van der Waals surface area contributed by atoms with Crippen molar-refractivity contribution in [2.24, 2.45) is 0 Å². The van der Waals surface area contributed by atoms with Crippen molar-refractivity contribution >= 4 is 5.95 Å². The molecule has 3 rings (SSSR count). The molecule has 0 atom stereocenters. The Morgan fingerprint density at radius 1 is 1.05 bits per heavy atom. The maximum atomic E-state index is 5.33. The Hall–Kier alpha value is -2.05. The van der Waals surface area contributed by atoms with Crippen LogP contribution in [0.4, 0.5) is 5.95 Å². The van der Waals surface area contributed by atoms with E-state index in [1.807, 2.05) is 24.7 Å². The van der Waals surface area contributed by atoms with Gasteiger partial charge in [-0.2, -0.15) is 0 Å². The van der Waals surface area contributed by atoms with Crippen LogP contribution >= 0.6 is 0 Å². The van der Waals surface area contributed by atoms with E-state index in [4.69, 9.17) is 4.74 Å². The first kappa shape index (κ1) is 13.9. The molecule has 1 N–H and O–H groups in total. The summed E-state index contributed by atoms with van der Waals surface area (Å²) in [5, 5.41) is 3.36. The van der Waals surface area contributed by atoms with E-state index in [1.165, 1.54) is 5.56 Å². The Morgan fingerprint density at radius 2 is 1.81 bits per heavy atom. The fourth-order valence-corrected chi connectivity index (χ4v) is 2.22. The molecule has 0 amide bonds. The van der Waals surface area contributed by atoms with Crippen molar-refractivity contribution in [3.8, 4) is 0 Å². The molecule has 0 radical (unpaired) electrons. The number of pyridine rings is 1. The largest absolute Gasteiger partial charge is 0.378 e. The second-order valence-corrected chi connectivity index (χ2v) is 4.96. The highest BCUT2D eigenvalue weighted by Gasteiger charge is 2.13. The summed E-state index contributed by atoms with van der Waals surface area (Å²) in [7, 11) is 0. The molecular formula is C15H19N5O. The van der Waals surface area contributed by atoms with Crippen LogP contribution in [0.3, 0.4) is 0 Å². The van der Waals surface area contributed by atoms with Crippen LogP contribution < -0.4 is 10.2 Å². The van der Waals surface area contributed by atoms with Crippen LogP contribution in [0.25, 0.3) is 0 Å². The molecular weight excluding hydrogens is 266 g/mol. The second-order valence-electron chi connectivity index (χ2n) is 4.96. The molecule has 0 saturated carbocycles. The van der Waals surface area contributed by atoms with Gasteiger partial charge in [-0.3, -0.25) is 4.98 Å². The normalized spacial score (nSPS) is 15.1. The average molecular weight is 285 g/mol. The third kappa shape index (κ3) is 3.96. The fraction of sp³-hybridized carbons (Fsp3) is 0.400. The van der Waals surface area contributed by atoms with Gasteiger partial charge in [0.25, 0.3) is 0 Å². The highest BCUT2D eigenvalue weighted by molar-refractivity contribution is 5.30. The van der Waals surface area contributed by atoms with E-state index in [9.17, 15) is 0 Å². The monoisotopic (exact) mass is 285 g/mol. The summed E-state index contributed by atoms with van der Waals surface area (Å²) in [6, 6.07) is 4.00. The first-order chi connectivity index (χ1) is 10.4. The number of hydrogen-bond acceptors (Lipinski definition) is 6. The zero-order chi connectivity index (χ0) is 14.3. The molecule has 6 nitrogen and oxygen atoms in total. The van der Waals surface area contributed by atoms with Crippen LogP contribution in [0.1, 0.15) is 11.1 Å². The van der Waals surface area contributed by atoms with Crippen LogP contribution in [-0.2, 0) is 17.8 Å². The lowest BCUT2D eigenvalue weighted by Gasteiger charge is -2.26. The smallest absolute Gasteiger partial charge is 0.225 e. The Balaban J connectivity index is 1.50. The average Bonchev–Trinajstić information content (AvgIpc) is 2.57. The number of rotatable bonds is 5. The first-order valence-electron chi connectivity index (χ1n) is 7.15. The summed E-state index contributed by atoms with van der Waals surface area (Å²) in [5.74, 6) is 0.786. The summed E-state index contributed by atoms with van der Waals surface area (Å²) in [5.41, 5.74) is 2.25. The molecule has 2 aromatic rings. The Bertz CT molecular complexity index is 540. The van der Waals surface area contributed by atoms with E-state index in [-0.39, 0.29) is 0 Å². The van der Waals surface area contributed by atoms with Crippen molar-refractivity contribution in [3.05, 3.63) is 48.0 Å². The lowest BCUT2D eigenvalue weighted by molar-refractivity contribution is 0.122. The van der Waals surface area contributed by atoms with Gasteiger partial charge in [0.2, 0.25) is 5.95 Å². The van der Waals surface area contributed by atoms with Gasteiger partial charge in [0, 0.05) is 56.5 Å². The van der Waals surface area contributed by atoms with Gasteiger partial charge < -0.3 is 15.0 Å². The highest BCUT2D eigenvalue weighted by Crippen LogP contribution is 2.09. The summed E-state index contributed by atoms with van der Waals surface area (Å²) < 4.78 is 5.33. The number of nitrogens with one attached hydrogen (secondary N) is 1. The molecule has 2 aromatic heterocycles. The Morgan fingerprint density at radius 3 is 2.52 bits per heavy atom. The summed E-state index contributed by atoms with van der Waals surface area (Å²) in [6.07, 6.45) is 7.41. The molecule has 0 aromatic carbocycles. The predicted octanol–water partition coefficient (Wildman–Crippen LogP) is 0.998. The van der Waals surface area contributed by atoms with Gasteiger partial charge in [-0.25, -0.2) is 9.97 Å². The van der Waals surface area contributed by atoms with Gasteiger partial charge >= 0.3 is 0 Å². The second kappa shape index (κ2) is 7.10. The van der Waals surface area contributed by atoms with E-state index < -0.39 is 0 Å². The molecule has 1 aliphatic rings. The minimum Gasteiger partial charge on any atom is -0.378 e. The molecule has 0 unspecified atom stereocenters. The molecule has 1 fully saturated rings. The van der Waals surface area contributed by atoms with Crippen LogP contribution in [0, 0.1) is 0 Å². The molecule has 110 valence electrons. The molecule has 6 heteroatoms. The standard InChI is InChI=1S/C15H19N5O/c1-2-13(8-16-3-1)9-17-10-14-11-18-15(19-12-14)20-4-6-21-7-5-20/h1-3,8,11-12,17H,4-7,9-10H2. The van der Waals surface area contributed by atoms with Crippen LogP contribution in [0.5, 0.6) is 0 Å². The number of aromatic nitrogens is 3. The maximum absolute atomic E-state index is 5.33. The molecule has 0 spiro atoms. The topological polar surface area (TPSA) is 63.2 Å². The van der Waals surface area contributed by atoms with Gasteiger partial charge in [0.15, 0.2) is 0 Å². The van der Waals surface area contributed by atoms with E-state index in [0.29, 0.717) is 0 Å². The lowest BCUT2D eigenvalue weighted by atomic mass is 10.2. The minimum absolute atomic E-state index is 0.748. The molecule has 3 heterocycles. The van der Waals surface area contributed by atoms with Crippen molar-refractivity contribution in [2.75, 3.05) is 31.2 Å². The van der Waals surface area contributed by atoms with Gasteiger partial charge in [0.1, 0.15) is 0 Å². The molecule has 1 aliphatic heterocycles. The summed E-state index contributed by atoms with van der Waals surface area (Å²) in [6.45, 7) is 4.75. The van der Waals surface area contributed by atoms with Crippen LogP contribution in [-0.4, -0.2) is 41.3 Å². The Labute approximate surface area is 124 Å². The van der Waals surface area contributed by atoms with Crippen molar-refractivity contribution in [1.82, 2.24) is 20.3 Å². The van der Waals surface area contributed by atoms with E-state index >= 15 is 0 Å². The SMILES string of the molecule is c1cncc(CNCc2cnc(N3CCOCC3)nc2)c1. The molecule has 1 saturated heterocycles. The quantitative estimate of drug-likeness (QED) is 0.884.